The number of fused-ring (bicyclic) bond motifs is 2. The van der Waals surface area contributed by atoms with Gasteiger partial charge >= 0.3 is 11.9 Å². The quantitative estimate of drug-likeness (QED) is 0.117. The number of esters is 2. The number of nitrogens with two attached hydrogens (primary N) is 2. The topological polar surface area (TPSA) is 121 Å². The summed E-state index contributed by atoms with van der Waals surface area (Å²) in [6, 6.07) is 7.64. The van der Waals surface area contributed by atoms with E-state index in [0.29, 0.717) is 21.2 Å². The fourth-order valence-electron chi connectivity index (χ4n) is 2.39. The number of nitrogens with zero attached hydrogens (tertiary/aromatic N) is 2. The van der Waals surface area contributed by atoms with Crippen LogP contribution in [0.5, 0.6) is 0 Å². The fourth-order valence-corrected chi connectivity index (χ4v) is 4.48. The molecule has 0 fully saturated rings. The SMILES string of the molecule is CC(=O)OC(C)=O.Cc1nc2cc3sc(C)nc3cc2s1.Nc1cc(S)c(N)cc1S. The number of carbonyl (C=O) groups excluding carboxylic acids is 2. The van der Waals surface area contributed by atoms with Gasteiger partial charge in [-0.05, 0) is 38.1 Å². The summed E-state index contributed by atoms with van der Waals surface area (Å²) in [5, 5.41) is 2.24. The Hall–Kier alpha value is -2.34. The Morgan fingerprint density at radius 2 is 1.16 bits per heavy atom. The lowest BCUT2D eigenvalue weighted by Crippen LogP contribution is -2.03. The van der Waals surface area contributed by atoms with Gasteiger partial charge in [-0.15, -0.1) is 47.9 Å². The van der Waals surface area contributed by atoms with E-state index in [1.54, 1.807) is 34.8 Å². The Labute approximate surface area is 198 Å². The Balaban J connectivity index is 0.000000178. The van der Waals surface area contributed by atoms with Gasteiger partial charge in [0.15, 0.2) is 0 Å². The molecule has 0 amide bonds. The third-order valence-electron chi connectivity index (χ3n) is 3.58. The zero-order valence-corrected chi connectivity index (χ0v) is 20.7. The van der Waals surface area contributed by atoms with Crippen molar-refractivity contribution in [3.63, 3.8) is 0 Å². The summed E-state index contributed by atoms with van der Waals surface area (Å²) in [5.74, 6) is -1.12. The molecule has 4 N–H and O–H groups in total. The van der Waals surface area contributed by atoms with Crippen LogP contribution in [0.3, 0.4) is 0 Å². The zero-order valence-electron chi connectivity index (χ0n) is 17.3. The van der Waals surface area contributed by atoms with Crippen molar-refractivity contribution >= 4 is 91.7 Å². The second-order valence-electron chi connectivity index (χ2n) is 6.31. The number of hydrogen-bond donors (Lipinski definition) is 4. The van der Waals surface area contributed by atoms with Crippen LogP contribution in [0.15, 0.2) is 34.1 Å². The first-order valence-electron chi connectivity index (χ1n) is 8.86. The summed E-state index contributed by atoms with van der Waals surface area (Å²) >= 11 is 11.6. The number of aromatic nitrogens is 2. The van der Waals surface area contributed by atoms with Crippen molar-refractivity contribution in [2.45, 2.75) is 37.5 Å². The van der Waals surface area contributed by atoms with Crippen LogP contribution in [0.1, 0.15) is 23.9 Å². The van der Waals surface area contributed by atoms with Gasteiger partial charge in [0, 0.05) is 35.0 Å². The largest absolute Gasteiger partial charge is 0.398 e. The lowest BCUT2D eigenvalue weighted by molar-refractivity contribution is -0.156. The van der Waals surface area contributed by atoms with E-state index in [9.17, 15) is 9.59 Å². The van der Waals surface area contributed by atoms with Gasteiger partial charge in [-0.2, -0.15) is 0 Å². The molecule has 0 atom stereocenters. The van der Waals surface area contributed by atoms with E-state index < -0.39 is 11.9 Å². The van der Waals surface area contributed by atoms with Crippen LogP contribution in [0.4, 0.5) is 11.4 Å². The molecule has 0 unspecified atom stereocenters. The second-order valence-corrected chi connectivity index (χ2v) is 9.74. The molecule has 2 aromatic heterocycles. The first kappa shape index (κ1) is 24.9. The van der Waals surface area contributed by atoms with Crippen molar-refractivity contribution in [3.05, 3.63) is 34.3 Å². The summed E-state index contributed by atoms with van der Waals surface area (Å²) < 4.78 is 6.44. The maximum atomic E-state index is 9.81. The number of nitrogen functional groups attached to an aromatic ring is 2. The monoisotopic (exact) mass is 494 g/mol. The van der Waals surface area contributed by atoms with E-state index in [1.165, 1.54) is 23.2 Å². The van der Waals surface area contributed by atoms with Crippen LogP contribution in [-0.4, -0.2) is 21.9 Å². The van der Waals surface area contributed by atoms with Crippen molar-refractivity contribution in [3.8, 4) is 0 Å². The number of ether oxygens (including phenoxy) is 1. The minimum Gasteiger partial charge on any atom is -0.398 e. The minimum absolute atomic E-state index is 0.562. The van der Waals surface area contributed by atoms with Crippen LogP contribution < -0.4 is 11.5 Å². The lowest BCUT2D eigenvalue weighted by atomic mass is 10.3. The molecule has 0 aliphatic rings. The average Bonchev–Trinajstić information content (AvgIpc) is 3.17. The van der Waals surface area contributed by atoms with Crippen molar-refractivity contribution in [2.24, 2.45) is 0 Å². The number of rotatable bonds is 0. The number of hydrogen-bond acceptors (Lipinski definition) is 11. The molecule has 0 aliphatic heterocycles. The molecule has 2 aromatic carbocycles. The van der Waals surface area contributed by atoms with E-state index >= 15 is 0 Å². The molecule has 0 aliphatic carbocycles. The van der Waals surface area contributed by atoms with E-state index in [1.807, 2.05) is 13.8 Å². The van der Waals surface area contributed by atoms with E-state index in [-0.39, 0.29) is 0 Å². The minimum atomic E-state index is -0.562. The van der Waals surface area contributed by atoms with Gasteiger partial charge in [0.1, 0.15) is 0 Å². The Bertz CT molecular complexity index is 1090. The first-order valence-corrected chi connectivity index (χ1v) is 11.4. The number of thiol groups is 2. The highest BCUT2D eigenvalue weighted by atomic mass is 32.1. The van der Waals surface area contributed by atoms with E-state index in [2.05, 4.69) is 52.1 Å². The molecule has 164 valence electrons. The molecule has 0 saturated heterocycles. The molecule has 11 heteroatoms. The summed E-state index contributed by atoms with van der Waals surface area (Å²) in [6.45, 7) is 6.44. The molecule has 0 saturated carbocycles. The number of anilines is 2. The zero-order chi connectivity index (χ0) is 23.3. The molecule has 0 radical (unpaired) electrons. The maximum Gasteiger partial charge on any atom is 0.310 e. The van der Waals surface area contributed by atoms with Gasteiger partial charge in [0.2, 0.25) is 0 Å². The van der Waals surface area contributed by atoms with E-state index in [4.69, 9.17) is 11.5 Å². The normalized spacial score (nSPS) is 10.1. The summed E-state index contributed by atoms with van der Waals surface area (Å²) in [7, 11) is 0. The molecule has 31 heavy (non-hydrogen) atoms. The van der Waals surface area contributed by atoms with Crippen LogP contribution in [0.25, 0.3) is 20.4 Å². The van der Waals surface area contributed by atoms with Crippen LogP contribution in [0, 0.1) is 13.8 Å². The van der Waals surface area contributed by atoms with Gasteiger partial charge in [-0.25, -0.2) is 9.97 Å². The molecule has 2 heterocycles. The van der Waals surface area contributed by atoms with Gasteiger partial charge < -0.3 is 16.2 Å². The Morgan fingerprint density at radius 1 is 0.806 bits per heavy atom. The van der Waals surface area contributed by atoms with Gasteiger partial charge in [-0.3, -0.25) is 9.59 Å². The van der Waals surface area contributed by atoms with E-state index in [0.717, 1.165) is 21.0 Å². The fraction of sp³-hybridized carbons (Fsp3) is 0.200. The van der Waals surface area contributed by atoms with Crippen LogP contribution >= 0.6 is 47.9 Å². The maximum absolute atomic E-state index is 9.81. The standard InChI is InChI=1S/C10H8N2S2.C6H8N2S2.C4H6O3/c1-5-11-7-3-10-8(4-9(7)13-5)12-6(2)14-10;7-3-1-5(9)4(8)2-6(3)10;1-3(5)7-4(2)6/h3-4H,1-2H3;1-2,9-10H,7-8H2;1-2H3. The lowest BCUT2D eigenvalue weighted by Gasteiger charge is -2.02. The highest BCUT2D eigenvalue weighted by Crippen LogP contribution is 2.29. The number of carbonyl (C=O) groups is 2. The predicted octanol–water partition coefficient (Wildman–Crippen LogP) is 5.05. The Kier molecular flexibility index (Phi) is 8.69. The number of thiazole rings is 2. The molecule has 4 rings (SSSR count). The van der Waals surface area contributed by atoms with Gasteiger partial charge in [0.05, 0.1) is 30.4 Å². The van der Waals surface area contributed by atoms with Crippen molar-refractivity contribution < 1.29 is 14.3 Å². The third-order valence-corrected chi connectivity index (χ3v) is 6.22. The summed E-state index contributed by atoms with van der Waals surface area (Å²) in [4.78, 5) is 29.9. The molecule has 7 nitrogen and oxygen atoms in total. The number of benzene rings is 2. The van der Waals surface area contributed by atoms with Crippen molar-refractivity contribution in [1.82, 2.24) is 9.97 Å². The predicted molar refractivity (Wildman–Crippen MR) is 134 cm³/mol. The van der Waals surface area contributed by atoms with Crippen LogP contribution in [0.2, 0.25) is 0 Å². The smallest absolute Gasteiger partial charge is 0.310 e. The van der Waals surface area contributed by atoms with Crippen molar-refractivity contribution in [1.29, 1.82) is 0 Å². The molecular formula is C20H22N4O3S4. The average molecular weight is 495 g/mol. The molecule has 0 bridgehead atoms. The highest BCUT2D eigenvalue weighted by molar-refractivity contribution is 7.81. The Morgan fingerprint density at radius 3 is 1.45 bits per heavy atom. The molecule has 0 spiro atoms. The second kappa shape index (κ2) is 10.8. The number of aryl methyl sites for hydroxylation is 2. The molecular weight excluding hydrogens is 473 g/mol. The summed E-state index contributed by atoms with van der Waals surface area (Å²) in [5.41, 5.74) is 14.4. The van der Waals surface area contributed by atoms with Crippen molar-refractivity contribution in [2.75, 3.05) is 11.5 Å². The van der Waals surface area contributed by atoms with Crippen LogP contribution in [-0.2, 0) is 14.3 Å². The molecule has 4 aromatic rings. The summed E-state index contributed by atoms with van der Waals surface area (Å²) in [6.07, 6.45) is 0. The van der Waals surface area contributed by atoms with Gasteiger partial charge in [-0.1, -0.05) is 0 Å². The first-order chi connectivity index (χ1) is 14.5. The van der Waals surface area contributed by atoms with Gasteiger partial charge in [0.25, 0.3) is 0 Å². The third kappa shape index (κ3) is 7.39. The highest BCUT2D eigenvalue weighted by Gasteiger charge is 2.05.